The molecule has 1 aliphatic rings. The van der Waals surface area contributed by atoms with Crippen LogP contribution in [-0.4, -0.2) is 35.4 Å². The Morgan fingerprint density at radius 3 is 2.96 bits per heavy atom. The van der Waals surface area contributed by atoms with Crippen LogP contribution in [0.3, 0.4) is 0 Å². The van der Waals surface area contributed by atoms with Gasteiger partial charge < -0.3 is 10.2 Å². The van der Waals surface area contributed by atoms with E-state index in [2.05, 4.69) is 10.3 Å². The third kappa shape index (κ3) is 3.53. The number of piperazine rings is 1. The Kier molecular flexibility index (Phi) is 4.62. The molecule has 1 aliphatic heterocycles. The lowest BCUT2D eigenvalue weighted by Crippen LogP contribution is -2.49. The minimum absolute atomic E-state index is 0.0805. The Hall–Kier alpha value is -2.34. The largest absolute Gasteiger partial charge is 0.333 e. The summed E-state index contributed by atoms with van der Waals surface area (Å²) in [6, 6.07) is 6.91. The zero-order valence-corrected chi connectivity index (χ0v) is 12.5. The molecule has 23 heavy (non-hydrogen) atoms. The predicted molar refractivity (Wildman–Crippen MR) is 81.6 cm³/mol. The molecule has 3 rings (SSSR count). The molecule has 0 aliphatic carbocycles. The van der Waals surface area contributed by atoms with Crippen molar-refractivity contribution in [1.82, 2.24) is 15.2 Å². The van der Waals surface area contributed by atoms with Crippen LogP contribution in [0.15, 0.2) is 42.7 Å². The first-order valence-corrected chi connectivity index (χ1v) is 7.49. The van der Waals surface area contributed by atoms with Gasteiger partial charge in [0.05, 0.1) is 12.5 Å². The molecule has 1 atom stereocenters. The molecule has 0 saturated carbocycles. The van der Waals surface area contributed by atoms with Gasteiger partial charge in [-0.1, -0.05) is 12.1 Å². The van der Waals surface area contributed by atoms with Crippen LogP contribution in [0.2, 0.25) is 0 Å². The molecule has 1 aromatic carbocycles. The van der Waals surface area contributed by atoms with E-state index in [9.17, 15) is 13.6 Å². The fraction of sp³-hybridized carbons (Fsp3) is 0.294. The summed E-state index contributed by atoms with van der Waals surface area (Å²) in [4.78, 5) is 18.4. The maximum atomic E-state index is 13.8. The number of pyridine rings is 1. The summed E-state index contributed by atoms with van der Waals surface area (Å²) >= 11 is 0. The second kappa shape index (κ2) is 6.83. The van der Waals surface area contributed by atoms with Crippen molar-refractivity contribution in [3.05, 3.63) is 65.5 Å². The Morgan fingerprint density at radius 2 is 2.22 bits per heavy atom. The van der Waals surface area contributed by atoms with Gasteiger partial charge in [0.1, 0.15) is 11.6 Å². The molecule has 6 heteroatoms. The van der Waals surface area contributed by atoms with Crippen LogP contribution in [0.25, 0.3) is 0 Å². The quantitative estimate of drug-likeness (QED) is 0.943. The maximum absolute atomic E-state index is 13.8. The van der Waals surface area contributed by atoms with E-state index in [0.717, 1.165) is 11.6 Å². The number of nitrogens with zero attached hydrogens (tertiary/aromatic N) is 2. The molecule has 0 spiro atoms. The molecule has 1 unspecified atom stereocenters. The van der Waals surface area contributed by atoms with E-state index >= 15 is 0 Å². The molecule has 120 valence electrons. The minimum Gasteiger partial charge on any atom is -0.333 e. The summed E-state index contributed by atoms with van der Waals surface area (Å²) in [5, 5.41) is 3.26. The highest BCUT2D eigenvalue weighted by molar-refractivity contribution is 5.79. The molecule has 1 aromatic heterocycles. The fourth-order valence-corrected chi connectivity index (χ4v) is 2.80. The van der Waals surface area contributed by atoms with Gasteiger partial charge >= 0.3 is 0 Å². The monoisotopic (exact) mass is 317 g/mol. The molecule has 1 fully saturated rings. The number of aromatic nitrogens is 1. The number of hydrogen-bond acceptors (Lipinski definition) is 3. The number of nitrogens with one attached hydrogen (secondary N) is 1. The number of rotatable bonds is 3. The highest BCUT2D eigenvalue weighted by atomic mass is 19.1. The molecular formula is C17H17F2N3O. The first kappa shape index (κ1) is 15.6. The maximum Gasteiger partial charge on any atom is 0.227 e. The molecule has 2 aromatic rings. The van der Waals surface area contributed by atoms with Gasteiger partial charge in [-0.2, -0.15) is 0 Å². The average molecular weight is 317 g/mol. The van der Waals surface area contributed by atoms with E-state index in [-0.39, 0.29) is 23.9 Å². The topological polar surface area (TPSA) is 45.2 Å². The molecule has 1 N–H and O–H groups in total. The van der Waals surface area contributed by atoms with Crippen molar-refractivity contribution < 1.29 is 13.6 Å². The van der Waals surface area contributed by atoms with Crippen LogP contribution < -0.4 is 5.32 Å². The first-order chi connectivity index (χ1) is 11.1. The van der Waals surface area contributed by atoms with Gasteiger partial charge in [0.15, 0.2) is 0 Å². The van der Waals surface area contributed by atoms with Crippen molar-refractivity contribution in [2.24, 2.45) is 0 Å². The highest BCUT2D eigenvalue weighted by Crippen LogP contribution is 2.23. The Bertz CT molecular complexity index is 693. The number of amides is 1. The molecular weight excluding hydrogens is 300 g/mol. The van der Waals surface area contributed by atoms with Crippen molar-refractivity contribution in [2.75, 3.05) is 19.6 Å². The fourth-order valence-electron chi connectivity index (χ4n) is 2.80. The van der Waals surface area contributed by atoms with E-state index in [1.54, 1.807) is 17.3 Å². The van der Waals surface area contributed by atoms with E-state index in [1.807, 2.05) is 12.1 Å². The molecule has 1 saturated heterocycles. The SMILES string of the molecule is O=C(Cc1ccc(F)cc1F)N1CCNCC1c1cccnc1. The molecule has 1 amide bonds. The standard InChI is InChI=1S/C17H17F2N3O/c18-14-4-3-12(15(19)9-14)8-17(23)22-7-6-21-11-16(22)13-2-1-5-20-10-13/h1-5,9-10,16,21H,6-8,11H2. The lowest BCUT2D eigenvalue weighted by Gasteiger charge is -2.36. The van der Waals surface area contributed by atoms with Crippen molar-refractivity contribution >= 4 is 5.91 Å². The number of halogens is 2. The number of hydrogen-bond donors (Lipinski definition) is 1. The highest BCUT2D eigenvalue weighted by Gasteiger charge is 2.28. The third-order valence-electron chi connectivity index (χ3n) is 3.99. The summed E-state index contributed by atoms with van der Waals surface area (Å²) in [5.74, 6) is -1.51. The molecule has 0 bridgehead atoms. The number of carbonyl (C=O) groups excluding carboxylic acids is 1. The summed E-state index contributed by atoms with van der Waals surface area (Å²) in [6.07, 6.45) is 3.33. The Morgan fingerprint density at radius 1 is 1.35 bits per heavy atom. The summed E-state index contributed by atoms with van der Waals surface area (Å²) in [6.45, 7) is 1.86. The van der Waals surface area contributed by atoms with Crippen molar-refractivity contribution in [3.8, 4) is 0 Å². The van der Waals surface area contributed by atoms with Gasteiger partial charge in [0.2, 0.25) is 5.91 Å². The summed E-state index contributed by atoms with van der Waals surface area (Å²) < 4.78 is 26.7. The van der Waals surface area contributed by atoms with Crippen LogP contribution in [0.4, 0.5) is 8.78 Å². The second-order valence-corrected chi connectivity index (χ2v) is 5.51. The summed E-state index contributed by atoms with van der Waals surface area (Å²) in [5.41, 5.74) is 1.15. The van der Waals surface area contributed by atoms with Gasteiger partial charge in [-0.15, -0.1) is 0 Å². The second-order valence-electron chi connectivity index (χ2n) is 5.51. The zero-order valence-electron chi connectivity index (χ0n) is 12.5. The van der Waals surface area contributed by atoms with E-state index < -0.39 is 11.6 Å². The van der Waals surface area contributed by atoms with Crippen LogP contribution in [0.5, 0.6) is 0 Å². The van der Waals surface area contributed by atoms with E-state index in [1.165, 1.54) is 12.1 Å². The number of benzene rings is 1. The van der Waals surface area contributed by atoms with E-state index in [4.69, 9.17) is 0 Å². The number of carbonyl (C=O) groups is 1. The summed E-state index contributed by atoms with van der Waals surface area (Å²) in [7, 11) is 0. The molecule has 4 nitrogen and oxygen atoms in total. The zero-order chi connectivity index (χ0) is 16.2. The van der Waals surface area contributed by atoms with Crippen molar-refractivity contribution in [3.63, 3.8) is 0 Å². The third-order valence-corrected chi connectivity index (χ3v) is 3.99. The Balaban J connectivity index is 1.79. The normalized spacial score (nSPS) is 18.0. The van der Waals surface area contributed by atoms with Crippen LogP contribution in [-0.2, 0) is 11.2 Å². The lowest BCUT2D eigenvalue weighted by molar-refractivity contribution is -0.133. The van der Waals surface area contributed by atoms with Gasteiger partial charge in [-0.3, -0.25) is 9.78 Å². The molecule has 2 heterocycles. The van der Waals surface area contributed by atoms with Crippen molar-refractivity contribution in [2.45, 2.75) is 12.5 Å². The van der Waals surface area contributed by atoms with Gasteiger partial charge in [-0.05, 0) is 23.3 Å². The predicted octanol–water partition coefficient (Wildman–Crippen LogP) is 2.08. The van der Waals surface area contributed by atoms with Gasteiger partial charge in [0, 0.05) is 38.1 Å². The van der Waals surface area contributed by atoms with Crippen LogP contribution in [0, 0.1) is 11.6 Å². The molecule has 0 radical (unpaired) electrons. The van der Waals surface area contributed by atoms with Crippen LogP contribution >= 0.6 is 0 Å². The van der Waals surface area contributed by atoms with Gasteiger partial charge in [0.25, 0.3) is 0 Å². The lowest BCUT2D eigenvalue weighted by atomic mass is 10.0. The van der Waals surface area contributed by atoms with Gasteiger partial charge in [-0.25, -0.2) is 8.78 Å². The van der Waals surface area contributed by atoms with E-state index in [0.29, 0.717) is 19.6 Å². The average Bonchev–Trinajstić information content (AvgIpc) is 2.58. The Labute approximate surface area is 133 Å². The smallest absolute Gasteiger partial charge is 0.227 e. The minimum atomic E-state index is -0.689. The van der Waals surface area contributed by atoms with Crippen LogP contribution in [0.1, 0.15) is 17.2 Å². The first-order valence-electron chi connectivity index (χ1n) is 7.49. The van der Waals surface area contributed by atoms with Crippen molar-refractivity contribution in [1.29, 1.82) is 0 Å².